The monoisotopic (exact) mass is 570 g/mol. The number of rotatable bonds is 11. The van der Waals surface area contributed by atoms with Crippen LogP contribution in [-0.4, -0.2) is 83.6 Å². The van der Waals surface area contributed by atoms with E-state index in [1.807, 2.05) is 4.90 Å². The first-order chi connectivity index (χ1) is 20.0. The van der Waals surface area contributed by atoms with Gasteiger partial charge in [0.1, 0.15) is 18.2 Å². The summed E-state index contributed by atoms with van der Waals surface area (Å²) in [7, 11) is 0. The highest BCUT2D eigenvalue weighted by molar-refractivity contribution is 5.80. The maximum Gasteiger partial charge on any atom is 0.296 e. The van der Waals surface area contributed by atoms with Crippen molar-refractivity contribution in [3.63, 3.8) is 0 Å². The number of imidazole rings is 1. The van der Waals surface area contributed by atoms with Gasteiger partial charge in [0.05, 0.1) is 37.0 Å². The Morgan fingerprint density at radius 3 is 2.71 bits per heavy atom. The summed E-state index contributed by atoms with van der Waals surface area (Å²) < 4.78 is 46.4. The van der Waals surface area contributed by atoms with Crippen molar-refractivity contribution in [2.75, 3.05) is 56.3 Å². The number of hydrogen-bond acceptors (Lipinski definition) is 9. The first-order valence-electron chi connectivity index (χ1n) is 14.5. The molecule has 1 atom stereocenters. The fraction of sp³-hybridized carbons (Fsp3) is 0.586. The molecule has 4 heterocycles. The van der Waals surface area contributed by atoms with Crippen LogP contribution in [0, 0.1) is 5.92 Å². The van der Waals surface area contributed by atoms with E-state index in [-0.39, 0.29) is 36.3 Å². The lowest BCUT2D eigenvalue weighted by atomic mass is 9.77. The number of nitrogens with one attached hydrogen (secondary N) is 1. The number of benzene rings is 1. The molecule has 0 radical (unpaired) electrons. The van der Waals surface area contributed by atoms with Gasteiger partial charge in [0.2, 0.25) is 5.95 Å². The summed E-state index contributed by atoms with van der Waals surface area (Å²) in [5.41, 5.74) is 1.03. The highest BCUT2D eigenvalue weighted by Gasteiger charge is 2.32. The van der Waals surface area contributed by atoms with Crippen LogP contribution >= 0.6 is 0 Å². The second-order valence-corrected chi connectivity index (χ2v) is 11.0. The first-order valence-corrected chi connectivity index (χ1v) is 14.5. The van der Waals surface area contributed by atoms with E-state index in [1.54, 1.807) is 30.3 Å². The van der Waals surface area contributed by atoms with E-state index >= 15 is 0 Å². The number of hydrogen-bond donors (Lipinski definition) is 1. The minimum atomic E-state index is -2.77. The van der Waals surface area contributed by atoms with Gasteiger partial charge in [-0.15, -0.1) is 0 Å². The van der Waals surface area contributed by atoms with Gasteiger partial charge in [-0.3, -0.25) is 9.36 Å². The molecule has 2 aromatic heterocycles. The number of anilines is 2. The average Bonchev–Trinajstić information content (AvgIpc) is 3.37. The Morgan fingerprint density at radius 2 is 1.93 bits per heavy atom. The Bertz CT molecular complexity index is 1340. The van der Waals surface area contributed by atoms with E-state index in [4.69, 9.17) is 24.2 Å². The molecule has 1 unspecified atom stereocenters. The van der Waals surface area contributed by atoms with Gasteiger partial charge in [0.15, 0.2) is 11.6 Å². The van der Waals surface area contributed by atoms with Crippen molar-refractivity contribution < 1.29 is 27.8 Å². The van der Waals surface area contributed by atoms with Crippen LogP contribution in [-0.2, 0) is 19.0 Å². The molecule has 1 N–H and O–H groups in total. The molecular formula is C29H36F2N6O4. The molecule has 3 aliphatic rings. The highest BCUT2D eigenvalue weighted by atomic mass is 19.3. The summed E-state index contributed by atoms with van der Waals surface area (Å²) in [5.74, 6) is 1.37. The second-order valence-electron chi connectivity index (χ2n) is 11.0. The van der Waals surface area contributed by atoms with Crippen LogP contribution in [0.15, 0.2) is 30.3 Å². The Balaban J connectivity index is 1.13. The van der Waals surface area contributed by atoms with Crippen LogP contribution in [0.1, 0.15) is 50.8 Å². The van der Waals surface area contributed by atoms with Gasteiger partial charge in [-0.05, 0) is 50.2 Å². The number of fused-ring (bicyclic) bond motifs is 1. The van der Waals surface area contributed by atoms with Gasteiger partial charge in [0.25, 0.3) is 6.43 Å². The molecule has 1 saturated carbocycles. The van der Waals surface area contributed by atoms with Gasteiger partial charge in [-0.25, -0.2) is 13.8 Å². The topological polar surface area (TPSA) is 104 Å². The van der Waals surface area contributed by atoms with Crippen molar-refractivity contribution in [3.05, 3.63) is 36.2 Å². The lowest BCUT2D eigenvalue weighted by Crippen LogP contribution is -2.39. The summed E-state index contributed by atoms with van der Waals surface area (Å²) in [6, 6.07) is 8.87. The number of nitrogens with zero attached hydrogens (tertiary/aromatic N) is 5. The fourth-order valence-electron chi connectivity index (χ4n) is 5.80. The van der Waals surface area contributed by atoms with E-state index in [2.05, 4.69) is 10.3 Å². The van der Waals surface area contributed by atoms with Crippen molar-refractivity contribution in [3.8, 4) is 5.82 Å². The van der Waals surface area contributed by atoms with Crippen molar-refractivity contribution in [2.45, 2.75) is 57.1 Å². The lowest BCUT2D eigenvalue weighted by Gasteiger charge is -2.36. The largest absolute Gasteiger partial charge is 0.378 e. The maximum absolute atomic E-state index is 14.1. The van der Waals surface area contributed by atoms with Crippen LogP contribution in [0.3, 0.4) is 0 Å². The number of morpholine rings is 1. The van der Waals surface area contributed by atoms with Crippen molar-refractivity contribution in [1.82, 2.24) is 19.5 Å². The fourth-order valence-corrected chi connectivity index (χ4v) is 5.80. The molecule has 1 aliphatic carbocycles. The molecule has 10 nitrogen and oxygen atoms in total. The number of ether oxygens (including phenoxy) is 3. The molecule has 0 amide bonds. The van der Waals surface area contributed by atoms with Gasteiger partial charge in [-0.1, -0.05) is 12.1 Å². The third-order valence-corrected chi connectivity index (χ3v) is 7.95. The Morgan fingerprint density at radius 1 is 1.10 bits per heavy atom. The second kappa shape index (κ2) is 12.7. The summed E-state index contributed by atoms with van der Waals surface area (Å²) in [5, 5.41) is 3.46. The number of para-hydroxylation sites is 2. The predicted octanol–water partition coefficient (Wildman–Crippen LogP) is 4.33. The average molecular weight is 571 g/mol. The SMILES string of the molecule is O=C(COCC1CCCCO1)CC1CC(Nc2cc(-n3c(C(F)F)nc4ccccc43)nc(N3CCOCC3)n2)C1. The number of ketones is 1. The van der Waals surface area contributed by atoms with E-state index in [0.717, 1.165) is 38.7 Å². The predicted molar refractivity (Wildman–Crippen MR) is 149 cm³/mol. The number of halogens is 2. The van der Waals surface area contributed by atoms with E-state index in [0.29, 0.717) is 67.9 Å². The van der Waals surface area contributed by atoms with Crippen LogP contribution in [0.4, 0.5) is 20.5 Å². The zero-order valence-corrected chi connectivity index (χ0v) is 23.0. The first kappa shape index (κ1) is 27.9. The van der Waals surface area contributed by atoms with E-state index < -0.39 is 6.43 Å². The molecule has 3 fully saturated rings. The third kappa shape index (κ3) is 6.65. The minimum Gasteiger partial charge on any atom is -0.378 e. The number of alkyl halides is 2. The lowest BCUT2D eigenvalue weighted by molar-refractivity contribution is -0.127. The molecule has 41 heavy (non-hydrogen) atoms. The molecule has 2 saturated heterocycles. The smallest absolute Gasteiger partial charge is 0.296 e. The molecule has 12 heteroatoms. The molecule has 3 aromatic rings. The highest BCUT2D eigenvalue weighted by Crippen LogP contribution is 2.34. The molecule has 1 aromatic carbocycles. The Kier molecular flexibility index (Phi) is 8.68. The summed E-state index contributed by atoms with van der Waals surface area (Å²) in [4.78, 5) is 28.1. The summed E-state index contributed by atoms with van der Waals surface area (Å²) in [6.45, 7) is 3.67. The molecule has 0 spiro atoms. The maximum atomic E-state index is 14.1. The van der Waals surface area contributed by atoms with E-state index in [9.17, 15) is 13.6 Å². The van der Waals surface area contributed by atoms with Gasteiger partial charge in [0, 0.05) is 38.2 Å². The molecule has 2 aliphatic heterocycles. The molecular weight excluding hydrogens is 534 g/mol. The normalized spacial score (nSPS) is 23.1. The molecule has 6 rings (SSSR count). The van der Waals surface area contributed by atoms with Crippen LogP contribution < -0.4 is 10.2 Å². The van der Waals surface area contributed by atoms with Crippen molar-refractivity contribution >= 4 is 28.6 Å². The zero-order valence-electron chi connectivity index (χ0n) is 23.0. The van der Waals surface area contributed by atoms with Gasteiger partial charge < -0.3 is 24.4 Å². The number of carbonyl (C=O) groups is 1. The minimum absolute atomic E-state index is 0.103. The van der Waals surface area contributed by atoms with Gasteiger partial charge >= 0.3 is 0 Å². The van der Waals surface area contributed by atoms with E-state index in [1.165, 1.54) is 4.57 Å². The number of aromatic nitrogens is 4. The van der Waals surface area contributed by atoms with Crippen LogP contribution in [0.25, 0.3) is 16.9 Å². The quantitative estimate of drug-likeness (QED) is 0.361. The summed E-state index contributed by atoms with van der Waals surface area (Å²) in [6.07, 6.45) is 2.68. The van der Waals surface area contributed by atoms with Gasteiger partial charge in [-0.2, -0.15) is 9.97 Å². The number of carbonyl (C=O) groups excluding carboxylic acids is 1. The standard InChI is InChI=1S/C29H36F2N6O4/c30-27(31)28-33-23-6-1-2-7-24(23)37(28)26-16-25(34-29(35-26)36-8-11-39-12-9-36)32-20-13-19(14-20)15-21(38)17-40-18-22-5-3-4-10-41-22/h1-2,6-7,16,19-20,22,27H,3-5,8-15,17-18H2,(H,32,34,35). The molecule has 220 valence electrons. The van der Waals surface area contributed by atoms with Crippen molar-refractivity contribution in [2.24, 2.45) is 5.92 Å². The van der Waals surface area contributed by atoms with Crippen LogP contribution in [0.5, 0.6) is 0 Å². The van der Waals surface area contributed by atoms with Crippen molar-refractivity contribution in [1.29, 1.82) is 0 Å². The molecule has 0 bridgehead atoms. The van der Waals surface area contributed by atoms with Crippen LogP contribution in [0.2, 0.25) is 0 Å². The Labute approximate surface area is 237 Å². The third-order valence-electron chi connectivity index (χ3n) is 7.95. The zero-order chi connectivity index (χ0) is 28.2. The Hall–Kier alpha value is -3.22. The summed E-state index contributed by atoms with van der Waals surface area (Å²) >= 11 is 0. The number of Topliss-reactive ketones (excluding diaryl/α,β-unsaturated/α-hetero) is 1.